The number of ether oxygens (including phenoxy) is 6. The molecule has 1 aliphatic heterocycles. The predicted octanol–water partition coefficient (Wildman–Crippen LogP) is 6.81. The fourth-order valence-electron chi connectivity index (χ4n) is 6.64. The van der Waals surface area contributed by atoms with Gasteiger partial charge in [0.05, 0.1) is 78.8 Å². The molecule has 0 bridgehead atoms. The molecule has 0 aromatic carbocycles. The Kier molecular flexibility index (Phi) is 38.9. The fourth-order valence-corrected chi connectivity index (χ4v) is 6.64. The van der Waals surface area contributed by atoms with Crippen molar-refractivity contribution in [2.45, 2.75) is 141 Å². The zero-order valence-corrected chi connectivity index (χ0v) is 33.7. The Bertz CT molecular complexity index is 642. The number of rotatable bonds is 30. The molecule has 0 spiro atoms. The average Bonchev–Trinajstić information content (AvgIpc) is 3.14. The summed E-state index contributed by atoms with van der Waals surface area (Å²) >= 11 is 0. The second kappa shape index (κ2) is 40.8. The quantitative estimate of drug-likeness (QED) is 0.0765. The molecule has 0 aliphatic carbocycles. The minimum absolute atomic E-state index is 0.0740. The van der Waals surface area contributed by atoms with Crippen LogP contribution < -0.4 is 11.5 Å². The molecule has 1 heterocycles. The summed E-state index contributed by atoms with van der Waals surface area (Å²) in [7, 11) is 0. The summed E-state index contributed by atoms with van der Waals surface area (Å²) in [5.41, 5.74) is 11.7. The van der Waals surface area contributed by atoms with E-state index < -0.39 is 0 Å². The van der Waals surface area contributed by atoms with Gasteiger partial charge in [-0.25, -0.2) is 0 Å². The molecule has 0 radical (unpaired) electrons. The van der Waals surface area contributed by atoms with Crippen LogP contribution in [0, 0.1) is 0 Å². The van der Waals surface area contributed by atoms with Crippen molar-refractivity contribution in [2.24, 2.45) is 11.5 Å². The summed E-state index contributed by atoms with van der Waals surface area (Å²) in [5, 5.41) is 0. The lowest BCUT2D eigenvalue weighted by Gasteiger charge is -2.26. The predicted molar refractivity (Wildman–Crippen MR) is 213 cm³/mol. The Morgan fingerprint density at radius 2 is 0.745 bits per heavy atom. The highest BCUT2D eigenvalue weighted by molar-refractivity contribution is 4.66. The number of hydrogen-bond acceptors (Lipinski definition) is 10. The van der Waals surface area contributed by atoms with Gasteiger partial charge in [-0.05, 0) is 97.3 Å². The maximum atomic E-state index is 6.22. The van der Waals surface area contributed by atoms with Crippen LogP contribution in [0.3, 0.4) is 0 Å². The maximum Gasteiger partial charge on any atom is 0.0809 e. The van der Waals surface area contributed by atoms with Crippen molar-refractivity contribution in [2.75, 3.05) is 125 Å². The van der Waals surface area contributed by atoms with Crippen LogP contribution in [-0.2, 0) is 28.4 Å². The highest BCUT2D eigenvalue weighted by atomic mass is 16.6. The van der Waals surface area contributed by atoms with Gasteiger partial charge in [0.2, 0.25) is 0 Å². The maximum absolute atomic E-state index is 6.22. The van der Waals surface area contributed by atoms with Crippen LogP contribution >= 0.6 is 0 Å². The van der Waals surface area contributed by atoms with Crippen molar-refractivity contribution < 1.29 is 28.4 Å². The van der Waals surface area contributed by atoms with Gasteiger partial charge in [-0.1, -0.05) is 90.4 Å². The van der Waals surface area contributed by atoms with Crippen LogP contribution in [0.5, 0.6) is 0 Å². The van der Waals surface area contributed by atoms with Gasteiger partial charge < -0.3 is 49.7 Å². The lowest BCUT2D eigenvalue weighted by molar-refractivity contribution is -0.0629. The highest BCUT2D eigenvalue weighted by Crippen LogP contribution is 2.14. The van der Waals surface area contributed by atoms with Gasteiger partial charge in [-0.2, -0.15) is 0 Å². The monoisotopic (exact) mass is 731 g/mol. The van der Waals surface area contributed by atoms with E-state index in [2.05, 4.69) is 16.7 Å². The van der Waals surface area contributed by atoms with Gasteiger partial charge in [-0.15, -0.1) is 0 Å². The molecule has 0 amide bonds. The van der Waals surface area contributed by atoms with E-state index in [9.17, 15) is 0 Å². The Hall–Kier alpha value is -0.400. The second-order valence-corrected chi connectivity index (χ2v) is 14.4. The lowest BCUT2D eigenvalue weighted by atomic mass is 10.0. The average molecular weight is 731 g/mol. The normalized spacial score (nSPS) is 17.9. The van der Waals surface area contributed by atoms with Crippen LogP contribution in [0.2, 0.25) is 0 Å². The summed E-state index contributed by atoms with van der Waals surface area (Å²) in [6, 6.07) is 0. The number of unbranched alkanes of at least 4 members (excludes halogenated alkanes) is 14. The van der Waals surface area contributed by atoms with E-state index in [1.54, 1.807) is 0 Å². The second-order valence-electron chi connectivity index (χ2n) is 14.4. The van der Waals surface area contributed by atoms with Crippen molar-refractivity contribution in [1.82, 2.24) is 9.80 Å². The standard InChI is InChI=1S/C41H86N4O6/c1-2-3-4-5-6-7-8-9-10-11-12-13-14-16-24-44(28-20-29-45(26-18-22-42)27-19-23-43)25-17-15-21-41-40-50-37-36-48-33-32-46-30-31-47-34-35-49-38-39-51-41/h41H,2-40,42-43H2,1H3. The third kappa shape index (κ3) is 35.1. The van der Waals surface area contributed by atoms with E-state index in [1.165, 1.54) is 109 Å². The van der Waals surface area contributed by atoms with Gasteiger partial charge in [0.25, 0.3) is 0 Å². The van der Waals surface area contributed by atoms with Crippen LogP contribution in [0.15, 0.2) is 0 Å². The zero-order valence-electron chi connectivity index (χ0n) is 33.7. The molecule has 1 unspecified atom stereocenters. The van der Waals surface area contributed by atoms with E-state index in [0.717, 1.165) is 71.5 Å². The van der Waals surface area contributed by atoms with Crippen LogP contribution in [0.4, 0.5) is 0 Å². The van der Waals surface area contributed by atoms with Crippen molar-refractivity contribution in [3.8, 4) is 0 Å². The van der Waals surface area contributed by atoms with E-state index in [1.807, 2.05) is 0 Å². The molecule has 0 aromatic heterocycles. The summed E-state index contributed by atoms with van der Waals surface area (Å²) in [6.45, 7) is 16.9. The summed E-state index contributed by atoms with van der Waals surface area (Å²) < 4.78 is 34.6. The van der Waals surface area contributed by atoms with Crippen LogP contribution in [0.1, 0.15) is 135 Å². The molecule has 1 atom stereocenters. The molecular weight excluding hydrogens is 644 g/mol. The first-order chi connectivity index (χ1) is 25.3. The topological polar surface area (TPSA) is 114 Å². The third-order valence-electron chi connectivity index (χ3n) is 9.76. The molecule has 306 valence electrons. The Morgan fingerprint density at radius 1 is 0.392 bits per heavy atom. The Balaban J connectivity index is 2.43. The minimum Gasteiger partial charge on any atom is -0.377 e. The number of nitrogens with zero attached hydrogens (tertiary/aromatic N) is 2. The largest absolute Gasteiger partial charge is 0.377 e. The zero-order chi connectivity index (χ0) is 36.6. The first-order valence-corrected chi connectivity index (χ1v) is 21.6. The number of nitrogens with two attached hydrogens (primary N) is 2. The van der Waals surface area contributed by atoms with Gasteiger partial charge in [0.1, 0.15) is 0 Å². The van der Waals surface area contributed by atoms with Gasteiger partial charge in [-0.3, -0.25) is 0 Å². The summed E-state index contributed by atoms with van der Waals surface area (Å²) in [5.74, 6) is 0. The fraction of sp³-hybridized carbons (Fsp3) is 1.00. The first-order valence-electron chi connectivity index (χ1n) is 21.6. The molecule has 0 saturated carbocycles. The third-order valence-corrected chi connectivity index (χ3v) is 9.76. The van der Waals surface area contributed by atoms with E-state index in [-0.39, 0.29) is 6.10 Å². The van der Waals surface area contributed by atoms with Crippen molar-refractivity contribution in [1.29, 1.82) is 0 Å². The lowest BCUT2D eigenvalue weighted by Crippen LogP contribution is -2.33. The molecule has 1 saturated heterocycles. The van der Waals surface area contributed by atoms with Gasteiger partial charge in [0.15, 0.2) is 0 Å². The molecular formula is C41H86N4O6. The van der Waals surface area contributed by atoms with Crippen molar-refractivity contribution >= 4 is 0 Å². The SMILES string of the molecule is CCCCCCCCCCCCCCCCN(CCCCC1COCCOCCOCCOCCOCCO1)CCCN(CCCN)CCCN. The van der Waals surface area contributed by atoms with E-state index in [4.69, 9.17) is 39.9 Å². The van der Waals surface area contributed by atoms with Crippen molar-refractivity contribution in [3.63, 3.8) is 0 Å². The molecule has 10 nitrogen and oxygen atoms in total. The Morgan fingerprint density at radius 3 is 1.20 bits per heavy atom. The van der Waals surface area contributed by atoms with Crippen LogP contribution in [0.25, 0.3) is 0 Å². The number of hydrogen-bond donors (Lipinski definition) is 2. The summed E-state index contributed by atoms with van der Waals surface area (Å²) in [6.07, 6.45) is 26.4. The van der Waals surface area contributed by atoms with Gasteiger partial charge >= 0.3 is 0 Å². The minimum atomic E-state index is 0.0740. The molecule has 4 N–H and O–H groups in total. The molecule has 1 rings (SSSR count). The van der Waals surface area contributed by atoms with E-state index >= 15 is 0 Å². The van der Waals surface area contributed by atoms with Gasteiger partial charge in [0, 0.05) is 0 Å². The Labute approximate surface area is 315 Å². The molecule has 0 aromatic rings. The molecule has 1 fully saturated rings. The highest BCUT2D eigenvalue weighted by Gasteiger charge is 2.12. The van der Waals surface area contributed by atoms with Crippen LogP contribution in [-0.4, -0.2) is 141 Å². The first kappa shape index (κ1) is 48.6. The van der Waals surface area contributed by atoms with E-state index in [0.29, 0.717) is 72.7 Å². The molecule has 1 aliphatic rings. The molecule has 10 heteroatoms. The van der Waals surface area contributed by atoms with Crippen molar-refractivity contribution in [3.05, 3.63) is 0 Å². The molecule has 51 heavy (non-hydrogen) atoms. The smallest absolute Gasteiger partial charge is 0.0809 e. The summed E-state index contributed by atoms with van der Waals surface area (Å²) in [4.78, 5) is 5.29.